The van der Waals surface area contributed by atoms with Gasteiger partial charge in [-0.3, -0.25) is 10.0 Å². The molecule has 0 saturated heterocycles. The summed E-state index contributed by atoms with van der Waals surface area (Å²) in [4.78, 5) is 0. The van der Waals surface area contributed by atoms with Crippen LogP contribution in [0.15, 0.2) is 66.7 Å². The highest BCUT2D eigenvalue weighted by Gasteiger charge is 2.34. The Morgan fingerprint density at radius 1 is 1.06 bits per heavy atom. The van der Waals surface area contributed by atoms with Gasteiger partial charge in [0.15, 0.2) is 11.5 Å². The SMILES string of the molecule is CCC(N)(O)c1cccc(N(C(Cc2ccccc2)c2ccc3c(c2)OCO3)S(C)(=O)=O)c1O. The average Bonchev–Trinajstić information content (AvgIpc) is 3.27. The number of hydrogen-bond donors (Lipinski definition) is 3. The first-order valence-corrected chi connectivity index (χ1v) is 12.7. The minimum Gasteiger partial charge on any atom is -0.505 e. The molecule has 0 fully saturated rings. The van der Waals surface area contributed by atoms with Crippen molar-refractivity contribution in [3.63, 3.8) is 0 Å². The number of nitrogens with two attached hydrogens (primary N) is 1. The van der Waals surface area contributed by atoms with Crippen LogP contribution in [-0.4, -0.2) is 31.7 Å². The molecule has 0 aromatic heterocycles. The molecular formula is C25H28N2O6S. The Morgan fingerprint density at radius 3 is 2.44 bits per heavy atom. The summed E-state index contributed by atoms with van der Waals surface area (Å²) in [5.74, 6) is 0.706. The molecule has 3 aromatic carbocycles. The number of ether oxygens (including phenoxy) is 2. The summed E-state index contributed by atoms with van der Waals surface area (Å²) in [6.07, 6.45) is 1.52. The number of anilines is 1. The number of benzene rings is 3. The van der Waals surface area contributed by atoms with E-state index < -0.39 is 27.5 Å². The Labute approximate surface area is 199 Å². The maximum atomic E-state index is 13.2. The predicted octanol–water partition coefficient (Wildman–Crippen LogP) is 3.38. The van der Waals surface area contributed by atoms with Crippen molar-refractivity contribution < 1.29 is 28.1 Å². The van der Waals surface area contributed by atoms with Crippen LogP contribution in [0.3, 0.4) is 0 Å². The Kier molecular flexibility index (Phi) is 6.44. The van der Waals surface area contributed by atoms with Crippen molar-refractivity contribution in [2.45, 2.75) is 31.5 Å². The highest BCUT2D eigenvalue weighted by Crippen LogP contribution is 2.43. The molecule has 0 spiro atoms. The third-order valence-electron chi connectivity index (χ3n) is 5.95. The van der Waals surface area contributed by atoms with Gasteiger partial charge in [0, 0.05) is 5.56 Å². The molecule has 2 unspecified atom stereocenters. The first kappa shape index (κ1) is 23.9. The summed E-state index contributed by atoms with van der Waals surface area (Å²) in [5.41, 5.74) is 5.79. The van der Waals surface area contributed by atoms with Crippen LogP contribution >= 0.6 is 0 Å². The second-order valence-corrected chi connectivity index (χ2v) is 10.2. The number of hydrogen-bond acceptors (Lipinski definition) is 7. The Bertz CT molecular complexity index is 1280. The van der Waals surface area contributed by atoms with E-state index in [2.05, 4.69) is 0 Å². The quantitative estimate of drug-likeness (QED) is 0.419. The van der Waals surface area contributed by atoms with Gasteiger partial charge in [-0.1, -0.05) is 55.5 Å². The van der Waals surface area contributed by atoms with Crippen molar-refractivity contribution in [2.24, 2.45) is 5.73 Å². The third-order valence-corrected chi connectivity index (χ3v) is 7.12. The van der Waals surface area contributed by atoms with Crippen LogP contribution in [0.2, 0.25) is 0 Å². The van der Waals surface area contributed by atoms with Gasteiger partial charge in [0.2, 0.25) is 16.8 Å². The number of para-hydroxylation sites is 1. The number of sulfonamides is 1. The summed E-state index contributed by atoms with van der Waals surface area (Å²) >= 11 is 0. The van der Waals surface area contributed by atoms with Gasteiger partial charge >= 0.3 is 0 Å². The van der Waals surface area contributed by atoms with Crippen LogP contribution in [-0.2, 0) is 22.2 Å². The zero-order valence-corrected chi connectivity index (χ0v) is 19.8. The first-order chi connectivity index (χ1) is 16.1. The van der Waals surface area contributed by atoms with Crippen molar-refractivity contribution in [1.29, 1.82) is 0 Å². The highest BCUT2D eigenvalue weighted by molar-refractivity contribution is 7.92. The molecular weight excluding hydrogens is 456 g/mol. The Hall–Kier alpha value is -3.27. The standard InChI is InChI=1S/C25H28N2O6S/c1-3-25(26,29)19-10-7-11-20(24(19)28)27(34(2,30)31)21(14-17-8-5-4-6-9-17)18-12-13-22-23(15-18)33-16-32-22/h4-13,15,21,28-29H,3,14,16,26H2,1-2H3. The van der Waals surface area contributed by atoms with E-state index in [1.165, 1.54) is 16.4 Å². The second-order valence-electron chi connectivity index (χ2n) is 8.33. The van der Waals surface area contributed by atoms with E-state index in [0.717, 1.165) is 11.8 Å². The van der Waals surface area contributed by atoms with Crippen LogP contribution < -0.4 is 19.5 Å². The largest absolute Gasteiger partial charge is 0.505 e. The number of aromatic hydroxyl groups is 1. The number of aliphatic hydroxyl groups is 1. The summed E-state index contributed by atoms with van der Waals surface area (Å²) in [6.45, 7) is 1.76. The molecule has 9 heteroatoms. The van der Waals surface area contributed by atoms with Crippen LogP contribution in [0, 0.1) is 0 Å². The maximum absolute atomic E-state index is 13.2. The fourth-order valence-corrected chi connectivity index (χ4v) is 5.28. The smallest absolute Gasteiger partial charge is 0.232 e. The van der Waals surface area contributed by atoms with E-state index in [1.54, 1.807) is 31.2 Å². The van der Waals surface area contributed by atoms with E-state index in [-0.39, 0.29) is 24.5 Å². The van der Waals surface area contributed by atoms with Gasteiger partial charge in [0.25, 0.3) is 0 Å². The minimum atomic E-state index is -3.91. The van der Waals surface area contributed by atoms with Crippen LogP contribution in [0.5, 0.6) is 17.2 Å². The monoisotopic (exact) mass is 484 g/mol. The molecule has 1 heterocycles. The summed E-state index contributed by atoms with van der Waals surface area (Å²) < 4.78 is 38.5. The Morgan fingerprint density at radius 2 is 1.76 bits per heavy atom. The van der Waals surface area contributed by atoms with Crippen molar-refractivity contribution >= 4 is 15.7 Å². The topological polar surface area (TPSA) is 122 Å². The summed E-state index contributed by atoms with van der Waals surface area (Å²) in [6, 6.07) is 18.5. The lowest BCUT2D eigenvalue weighted by atomic mass is 9.96. The van der Waals surface area contributed by atoms with Crippen molar-refractivity contribution in [2.75, 3.05) is 17.4 Å². The molecule has 0 aliphatic carbocycles. The highest BCUT2D eigenvalue weighted by atomic mass is 32.2. The van der Waals surface area contributed by atoms with Gasteiger partial charge < -0.3 is 19.7 Å². The van der Waals surface area contributed by atoms with E-state index in [0.29, 0.717) is 23.5 Å². The van der Waals surface area contributed by atoms with E-state index in [9.17, 15) is 18.6 Å². The van der Waals surface area contributed by atoms with Crippen molar-refractivity contribution in [3.05, 3.63) is 83.4 Å². The van der Waals surface area contributed by atoms with Crippen molar-refractivity contribution in [3.8, 4) is 17.2 Å². The van der Waals surface area contributed by atoms with Crippen LogP contribution in [0.4, 0.5) is 5.69 Å². The second kappa shape index (κ2) is 9.17. The Balaban J connectivity index is 1.90. The van der Waals surface area contributed by atoms with E-state index in [1.807, 2.05) is 30.3 Å². The zero-order valence-electron chi connectivity index (χ0n) is 19.0. The molecule has 180 valence electrons. The van der Waals surface area contributed by atoms with Gasteiger partial charge in [0.1, 0.15) is 11.5 Å². The molecule has 8 nitrogen and oxygen atoms in total. The predicted molar refractivity (Wildman–Crippen MR) is 129 cm³/mol. The number of phenolic OH excluding ortho intramolecular Hbond substituents is 1. The molecule has 34 heavy (non-hydrogen) atoms. The normalized spacial score (nSPS) is 15.5. The molecule has 0 saturated carbocycles. The van der Waals surface area contributed by atoms with Crippen LogP contribution in [0.25, 0.3) is 0 Å². The number of fused-ring (bicyclic) bond motifs is 1. The van der Waals surface area contributed by atoms with E-state index in [4.69, 9.17) is 15.2 Å². The fourth-order valence-electron chi connectivity index (χ4n) is 4.12. The van der Waals surface area contributed by atoms with Gasteiger partial charge in [0.05, 0.1) is 18.0 Å². The molecule has 3 aromatic rings. The molecule has 0 amide bonds. The van der Waals surface area contributed by atoms with Crippen molar-refractivity contribution in [1.82, 2.24) is 0 Å². The minimum absolute atomic E-state index is 0.0240. The first-order valence-electron chi connectivity index (χ1n) is 10.9. The van der Waals surface area contributed by atoms with E-state index >= 15 is 0 Å². The lowest BCUT2D eigenvalue weighted by Crippen LogP contribution is -2.38. The van der Waals surface area contributed by atoms with Gasteiger partial charge in [-0.05, 0) is 42.2 Å². The molecule has 1 aliphatic rings. The molecule has 4 rings (SSSR count). The zero-order chi connectivity index (χ0) is 24.5. The molecule has 1 aliphatic heterocycles. The lowest BCUT2D eigenvalue weighted by Gasteiger charge is -2.34. The van der Waals surface area contributed by atoms with Crippen LogP contribution in [0.1, 0.15) is 36.1 Å². The maximum Gasteiger partial charge on any atom is 0.232 e. The van der Waals surface area contributed by atoms with Gasteiger partial charge in [-0.2, -0.15) is 0 Å². The summed E-state index contributed by atoms with van der Waals surface area (Å²) in [7, 11) is -3.91. The molecule has 0 radical (unpaired) electrons. The number of phenols is 1. The third kappa shape index (κ3) is 4.68. The summed E-state index contributed by atoms with van der Waals surface area (Å²) in [5, 5.41) is 21.7. The molecule has 2 atom stereocenters. The van der Waals surface area contributed by atoms with Gasteiger partial charge in [-0.15, -0.1) is 0 Å². The number of rotatable bonds is 8. The molecule has 4 N–H and O–H groups in total. The number of nitrogens with zero attached hydrogens (tertiary/aromatic N) is 1. The molecule has 0 bridgehead atoms. The fraction of sp³-hybridized carbons (Fsp3) is 0.280. The average molecular weight is 485 g/mol. The van der Waals surface area contributed by atoms with Gasteiger partial charge in [-0.25, -0.2) is 8.42 Å². The lowest BCUT2D eigenvalue weighted by molar-refractivity contribution is 0.0372.